The van der Waals surface area contributed by atoms with E-state index in [1.54, 1.807) is 0 Å². The van der Waals surface area contributed by atoms with Crippen LogP contribution in [0.5, 0.6) is 0 Å². The van der Waals surface area contributed by atoms with Gasteiger partial charge in [-0.1, -0.05) is 30.7 Å². The number of nitrogens with one attached hydrogen (secondary N) is 1. The molecule has 1 heterocycles. The van der Waals surface area contributed by atoms with Gasteiger partial charge in [-0.15, -0.1) is 0 Å². The van der Waals surface area contributed by atoms with Gasteiger partial charge in [0.25, 0.3) is 0 Å². The normalized spacial score (nSPS) is 12.4. The van der Waals surface area contributed by atoms with E-state index in [-0.39, 0.29) is 6.04 Å². The molecule has 0 aliphatic carbocycles. The van der Waals surface area contributed by atoms with Crippen LogP contribution in [0.3, 0.4) is 0 Å². The van der Waals surface area contributed by atoms with Crippen LogP contribution in [0.15, 0.2) is 36.7 Å². The Morgan fingerprint density at radius 3 is 2.70 bits per heavy atom. The molecule has 3 heteroatoms. The van der Waals surface area contributed by atoms with Crippen LogP contribution in [0, 0.1) is 6.92 Å². The van der Waals surface area contributed by atoms with Crippen LogP contribution >= 0.6 is 11.6 Å². The second-order valence-electron chi connectivity index (χ2n) is 5.07. The zero-order valence-electron chi connectivity index (χ0n) is 12.3. The summed E-state index contributed by atoms with van der Waals surface area (Å²) in [5.41, 5.74) is 4.96. The van der Waals surface area contributed by atoms with Crippen LogP contribution in [0.4, 0.5) is 0 Å². The standard InChI is InChI=1S/C17H21ClN2/c1-4-13-11-20-8-7-15(13)17(19-3)10-14-6-5-12(2)9-16(14)18/h5-9,11,17,19H,4,10H2,1-3H3. The summed E-state index contributed by atoms with van der Waals surface area (Å²) < 4.78 is 0. The summed E-state index contributed by atoms with van der Waals surface area (Å²) in [6.07, 6.45) is 5.68. The Hall–Kier alpha value is -1.38. The minimum atomic E-state index is 0.258. The van der Waals surface area contributed by atoms with Gasteiger partial charge in [0.2, 0.25) is 0 Å². The number of hydrogen-bond donors (Lipinski definition) is 1. The molecule has 1 aromatic heterocycles. The molecule has 0 aliphatic heterocycles. The van der Waals surface area contributed by atoms with E-state index in [1.807, 2.05) is 25.5 Å². The lowest BCUT2D eigenvalue weighted by Crippen LogP contribution is -2.20. The van der Waals surface area contributed by atoms with Gasteiger partial charge in [0.05, 0.1) is 0 Å². The number of likely N-dealkylation sites (N-methyl/N-ethyl adjacent to an activating group) is 1. The molecule has 1 aromatic carbocycles. The molecule has 1 unspecified atom stereocenters. The minimum absolute atomic E-state index is 0.258. The minimum Gasteiger partial charge on any atom is -0.313 e. The first kappa shape index (κ1) is 15.0. The van der Waals surface area contributed by atoms with Gasteiger partial charge in [-0.25, -0.2) is 0 Å². The number of halogens is 1. The summed E-state index contributed by atoms with van der Waals surface area (Å²) in [5, 5.41) is 4.24. The van der Waals surface area contributed by atoms with E-state index in [2.05, 4.69) is 42.3 Å². The van der Waals surface area contributed by atoms with Crippen molar-refractivity contribution in [2.24, 2.45) is 0 Å². The summed E-state index contributed by atoms with van der Waals surface area (Å²) in [6, 6.07) is 8.61. The van der Waals surface area contributed by atoms with Crippen LogP contribution < -0.4 is 5.32 Å². The predicted molar refractivity (Wildman–Crippen MR) is 85.3 cm³/mol. The van der Waals surface area contributed by atoms with Gasteiger partial charge in [0.15, 0.2) is 0 Å². The molecule has 2 rings (SSSR count). The average Bonchev–Trinajstić information content (AvgIpc) is 2.46. The molecule has 0 bridgehead atoms. The first-order chi connectivity index (χ1) is 9.65. The highest BCUT2D eigenvalue weighted by atomic mass is 35.5. The number of benzene rings is 1. The predicted octanol–water partition coefficient (Wildman–Crippen LogP) is 4.11. The van der Waals surface area contributed by atoms with E-state index in [0.29, 0.717) is 0 Å². The van der Waals surface area contributed by atoms with Gasteiger partial charge in [-0.2, -0.15) is 0 Å². The Balaban J connectivity index is 2.29. The Labute approximate surface area is 126 Å². The van der Waals surface area contributed by atoms with E-state index >= 15 is 0 Å². The molecule has 106 valence electrons. The van der Waals surface area contributed by atoms with E-state index in [9.17, 15) is 0 Å². The topological polar surface area (TPSA) is 24.9 Å². The maximum atomic E-state index is 6.35. The summed E-state index contributed by atoms with van der Waals surface area (Å²) in [6.45, 7) is 4.22. The van der Waals surface area contributed by atoms with Gasteiger partial charge in [0.1, 0.15) is 0 Å². The molecule has 1 atom stereocenters. The van der Waals surface area contributed by atoms with Crippen molar-refractivity contribution in [3.05, 3.63) is 63.9 Å². The van der Waals surface area contributed by atoms with Gasteiger partial charge < -0.3 is 5.32 Å². The van der Waals surface area contributed by atoms with Crippen molar-refractivity contribution in [2.45, 2.75) is 32.7 Å². The van der Waals surface area contributed by atoms with Gasteiger partial charge in [-0.05, 0) is 61.2 Å². The van der Waals surface area contributed by atoms with Gasteiger partial charge >= 0.3 is 0 Å². The fraction of sp³-hybridized carbons (Fsp3) is 0.353. The molecular weight excluding hydrogens is 268 g/mol. The highest BCUT2D eigenvalue weighted by molar-refractivity contribution is 6.31. The van der Waals surface area contributed by atoms with Crippen molar-refractivity contribution in [1.29, 1.82) is 0 Å². The molecule has 0 amide bonds. The van der Waals surface area contributed by atoms with Crippen molar-refractivity contribution >= 4 is 11.6 Å². The Morgan fingerprint density at radius 2 is 2.05 bits per heavy atom. The van der Waals surface area contributed by atoms with Crippen molar-refractivity contribution in [3.8, 4) is 0 Å². The van der Waals surface area contributed by atoms with E-state index < -0.39 is 0 Å². The Kier molecular flexibility index (Phi) is 5.16. The quantitative estimate of drug-likeness (QED) is 0.896. The molecule has 0 spiro atoms. The van der Waals surface area contributed by atoms with Crippen LogP contribution in [-0.2, 0) is 12.8 Å². The first-order valence-corrected chi connectivity index (χ1v) is 7.38. The molecule has 0 saturated heterocycles. The average molecular weight is 289 g/mol. The van der Waals surface area contributed by atoms with Gasteiger partial charge in [0, 0.05) is 23.5 Å². The molecule has 20 heavy (non-hydrogen) atoms. The number of rotatable bonds is 5. The monoisotopic (exact) mass is 288 g/mol. The maximum Gasteiger partial charge on any atom is 0.0441 e. The third-order valence-corrected chi connectivity index (χ3v) is 4.03. The fourth-order valence-electron chi connectivity index (χ4n) is 2.48. The summed E-state index contributed by atoms with van der Waals surface area (Å²) in [4.78, 5) is 4.22. The highest BCUT2D eigenvalue weighted by Gasteiger charge is 2.15. The van der Waals surface area contributed by atoms with E-state index in [4.69, 9.17) is 11.6 Å². The third kappa shape index (κ3) is 3.38. The Morgan fingerprint density at radius 1 is 1.25 bits per heavy atom. The third-order valence-electron chi connectivity index (χ3n) is 3.68. The molecular formula is C17H21ClN2. The second-order valence-corrected chi connectivity index (χ2v) is 5.48. The van der Waals surface area contributed by atoms with E-state index in [1.165, 1.54) is 22.3 Å². The zero-order chi connectivity index (χ0) is 14.5. The van der Waals surface area contributed by atoms with Crippen LogP contribution in [0.25, 0.3) is 0 Å². The molecule has 0 radical (unpaired) electrons. The summed E-state index contributed by atoms with van der Waals surface area (Å²) in [7, 11) is 1.99. The van der Waals surface area contributed by atoms with Crippen LogP contribution in [0.1, 0.15) is 35.2 Å². The lowest BCUT2D eigenvalue weighted by Gasteiger charge is -2.20. The largest absolute Gasteiger partial charge is 0.313 e. The van der Waals surface area contributed by atoms with E-state index in [0.717, 1.165) is 17.9 Å². The molecule has 1 N–H and O–H groups in total. The highest BCUT2D eigenvalue weighted by Crippen LogP contribution is 2.26. The van der Waals surface area contributed by atoms with Crippen molar-refractivity contribution in [1.82, 2.24) is 10.3 Å². The SMILES string of the molecule is CCc1cnccc1C(Cc1ccc(C)cc1Cl)NC. The lowest BCUT2D eigenvalue weighted by atomic mass is 9.95. The Bertz CT molecular complexity index is 581. The fourth-order valence-corrected chi connectivity index (χ4v) is 2.79. The van der Waals surface area contributed by atoms with Crippen molar-refractivity contribution in [2.75, 3.05) is 7.05 Å². The molecule has 2 nitrogen and oxygen atoms in total. The first-order valence-electron chi connectivity index (χ1n) is 7.00. The molecule has 2 aromatic rings. The van der Waals surface area contributed by atoms with Crippen molar-refractivity contribution in [3.63, 3.8) is 0 Å². The number of hydrogen-bond acceptors (Lipinski definition) is 2. The summed E-state index contributed by atoms with van der Waals surface area (Å²) >= 11 is 6.35. The molecule has 0 aliphatic rings. The summed E-state index contributed by atoms with van der Waals surface area (Å²) in [5.74, 6) is 0. The molecule has 0 saturated carbocycles. The molecule has 0 fully saturated rings. The van der Waals surface area contributed by atoms with Crippen molar-refractivity contribution < 1.29 is 0 Å². The number of pyridine rings is 1. The lowest BCUT2D eigenvalue weighted by molar-refractivity contribution is 0.586. The second kappa shape index (κ2) is 6.87. The van der Waals surface area contributed by atoms with Crippen LogP contribution in [0.2, 0.25) is 5.02 Å². The van der Waals surface area contributed by atoms with Crippen LogP contribution in [-0.4, -0.2) is 12.0 Å². The number of aromatic nitrogens is 1. The maximum absolute atomic E-state index is 6.35. The number of aryl methyl sites for hydroxylation is 2. The van der Waals surface area contributed by atoms with Gasteiger partial charge in [-0.3, -0.25) is 4.98 Å². The zero-order valence-corrected chi connectivity index (χ0v) is 13.0. The number of nitrogens with zero attached hydrogens (tertiary/aromatic N) is 1. The smallest absolute Gasteiger partial charge is 0.0441 e.